The molecule has 2 aromatic rings. The molecule has 0 radical (unpaired) electrons. The number of anilines is 1. The number of carbonyl (C=O) groups is 1. The zero-order valence-corrected chi connectivity index (χ0v) is 14.3. The van der Waals surface area contributed by atoms with Crippen molar-refractivity contribution in [3.8, 4) is 0 Å². The van der Waals surface area contributed by atoms with E-state index in [1.54, 1.807) is 27.6 Å². The quantitative estimate of drug-likeness (QED) is 0.855. The van der Waals surface area contributed by atoms with E-state index in [4.69, 9.17) is 4.98 Å². The highest BCUT2D eigenvalue weighted by Crippen LogP contribution is 2.35. The Morgan fingerprint density at radius 1 is 1.33 bits per heavy atom. The van der Waals surface area contributed by atoms with Crippen molar-refractivity contribution in [1.82, 2.24) is 4.98 Å². The summed E-state index contributed by atoms with van der Waals surface area (Å²) in [5, 5.41) is 2.86. The van der Waals surface area contributed by atoms with Crippen molar-refractivity contribution in [3.05, 3.63) is 33.0 Å². The van der Waals surface area contributed by atoms with Gasteiger partial charge in [0.15, 0.2) is 5.13 Å². The van der Waals surface area contributed by atoms with Gasteiger partial charge in [-0.25, -0.2) is 4.98 Å². The molecule has 3 rings (SSSR count). The van der Waals surface area contributed by atoms with Gasteiger partial charge in [0, 0.05) is 16.8 Å². The van der Waals surface area contributed by atoms with Crippen LogP contribution in [0.15, 0.2) is 17.5 Å². The molecule has 0 atom stereocenters. The standard InChI is InChI=1S/C16H20N2OS2/c1-16(2,13-9-6-10-20-13)14(19)18(3)15-17-11-7-4-5-8-12(11)21-15/h6,9-10H,4-5,7-8H2,1-3H3. The Morgan fingerprint density at radius 3 is 2.76 bits per heavy atom. The van der Waals surface area contributed by atoms with Gasteiger partial charge in [0.25, 0.3) is 0 Å². The van der Waals surface area contributed by atoms with Gasteiger partial charge < -0.3 is 0 Å². The second-order valence-electron chi connectivity index (χ2n) is 6.04. The topological polar surface area (TPSA) is 33.2 Å². The van der Waals surface area contributed by atoms with E-state index in [1.165, 1.54) is 23.4 Å². The number of aromatic nitrogens is 1. The third-order valence-electron chi connectivity index (χ3n) is 4.10. The SMILES string of the molecule is CN(C(=O)C(C)(C)c1cccs1)c1nc2c(s1)CCCC2. The Morgan fingerprint density at radius 2 is 2.10 bits per heavy atom. The van der Waals surface area contributed by atoms with Gasteiger partial charge in [-0.15, -0.1) is 22.7 Å². The van der Waals surface area contributed by atoms with E-state index in [9.17, 15) is 4.79 Å². The molecular formula is C16H20N2OS2. The summed E-state index contributed by atoms with van der Waals surface area (Å²) in [6.45, 7) is 3.98. The van der Waals surface area contributed by atoms with Gasteiger partial charge in [0.1, 0.15) is 0 Å². The maximum atomic E-state index is 12.9. The van der Waals surface area contributed by atoms with Crippen LogP contribution in [0.2, 0.25) is 0 Å². The second-order valence-corrected chi connectivity index (χ2v) is 8.05. The van der Waals surface area contributed by atoms with Crippen molar-refractivity contribution < 1.29 is 4.79 Å². The number of carbonyl (C=O) groups excluding carboxylic acids is 1. The van der Waals surface area contributed by atoms with Crippen molar-refractivity contribution in [2.75, 3.05) is 11.9 Å². The molecule has 1 aliphatic carbocycles. The number of likely N-dealkylation sites (N-methyl/N-ethyl adjacent to an activating group) is 1. The summed E-state index contributed by atoms with van der Waals surface area (Å²) in [6, 6.07) is 4.03. The second kappa shape index (κ2) is 5.54. The van der Waals surface area contributed by atoms with Crippen LogP contribution in [0.5, 0.6) is 0 Å². The van der Waals surface area contributed by atoms with Gasteiger partial charge in [-0.3, -0.25) is 9.69 Å². The Bertz CT molecular complexity index is 620. The molecule has 2 aromatic heterocycles. The summed E-state index contributed by atoms with van der Waals surface area (Å²) >= 11 is 3.32. The largest absolute Gasteiger partial charge is 0.290 e. The molecular weight excluding hydrogens is 300 g/mol. The van der Waals surface area contributed by atoms with Crippen LogP contribution < -0.4 is 4.90 Å². The first-order valence-corrected chi connectivity index (χ1v) is 9.00. The molecule has 0 fully saturated rings. The van der Waals surface area contributed by atoms with Gasteiger partial charge in [0.05, 0.1) is 11.1 Å². The number of nitrogens with zero attached hydrogens (tertiary/aromatic N) is 2. The summed E-state index contributed by atoms with van der Waals surface area (Å²) in [7, 11) is 1.85. The predicted molar refractivity (Wildman–Crippen MR) is 89.5 cm³/mol. The number of thiazole rings is 1. The summed E-state index contributed by atoms with van der Waals surface area (Å²) in [4.78, 5) is 21.8. The highest BCUT2D eigenvalue weighted by Gasteiger charge is 2.35. The van der Waals surface area contributed by atoms with E-state index in [1.807, 2.05) is 38.4 Å². The van der Waals surface area contributed by atoms with Crippen LogP contribution in [0.3, 0.4) is 0 Å². The van der Waals surface area contributed by atoms with Crippen LogP contribution in [0.1, 0.15) is 42.1 Å². The van der Waals surface area contributed by atoms with Crippen molar-refractivity contribution in [1.29, 1.82) is 0 Å². The Balaban J connectivity index is 1.86. The summed E-state index contributed by atoms with van der Waals surface area (Å²) in [6.07, 6.45) is 4.63. The maximum Gasteiger partial charge on any atom is 0.239 e. The number of rotatable bonds is 3. The van der Waals surface area contributed by atoms with E-state index in [0.29, 0.717) is 0 Å². The summed E-state index contributed by atoms with van der Waals surface area (Å²) in [5.41, 5.74) is 0.699. The first-order chi connectivity index (χ1) is 10.00. The first kappa shape index (κ1) is 14.7. The molecule has 0 N–H and O–H groups in total. The minimum Gasteiger partial charge on any atom is -0.290 e. The number of amides is 1. The third-order valence-corrected chi connectivity index (χ3v) is 6.53. The molecule has 1 aliphatic rings. The minimum absolute atomic E-state index is 0.107. The van der Waals surface area contributed by atoms with Crippen molar-refractivity contribution in [3.63, 3.8) is 0 Å². The molecule has 2 heterocycles. The monoisotopic (exact) mass is 320 g/mol. The van der Waals surface area contributed by atoms with Crippen LogP contribution in [-0.2, 0) is 23.1 Å². The molecule has 0 unspecified atom stereocenters. The van der Waals surface area contributed by atoms with Crippen LogP contribution in [0.25, 0.3) is 0 Å². The van der Waals surface area contributed by atoms with Crippen LogP contribution in [-0.4, -0.2) is 17.9 Å². The lowest BCUT2D eigenvalue weighted by molar-refractivity contribution is -0.122. The zero-order chi connectivity index (χ0) is 15.0. The highest BCUT2D eigenvalue weighted by molar-refractivity contribution is 7.16. The fourth-order valence-electron chi connectivity index (χ4n) is 2.73. The van der Waals surface area contributed by atoms with Gasteiger partial charge in [-0.05, 0) is 51.0 Å². The molecule has 0 aliphatic heterocycles. The Kier molecular flexibility index (Phi) is 3.88. The van der Waals surface area contributed by atoms with Crippen LogP contribution in [0.4, 0.5) is 5.13 Å². The number of fused-ring (bicyclic) bond motifs is 1. The Hall–Kier alpha value is -1.20. The average Bonchev–Trinajstić information content (AvgIpc) is 3.14. The van der Waals surface area contributed by atoms with Crippen molar-refractivity contribution in [2.24, 2.45) is 0 Å². The number of hydrogen-bond donors (Lipinski definition) is 0. The lowest BCUT2D eigenvalue weighted by atomic mass is 9.90. The van der Waals surface area contributed by atoms with E-state index in [0.717, 1.165) is 22.9 Å². The molecule has 0 saturated heterocycles. The molecule has 21 heavy (non-hydrogen) atoms. The molecule has 0 aromatic carbocycles. The van der Waals surface area contributed by atoms with Gasteiger partial charge in [-0.2, -0.15) is 0 Å². The first-order valence-electron chi connectivity index (χ1n) is 7.31. The molecule has 5 heteroatoms. The third kappa shape index (κ3) is 2.64. The number of aryl methyl sites for hydroxylation is 2. The zero-order valence-electron chi connectivity index (χ0n) is 12.7. The van der Waals surface area contributed by atoms with Gasteiger partial charge in [-0.1, -0.05) is 6.07 Å². The van der Waals surface area contributed by atoms with Crippen molar-refractivity contribution in [2.45, 2.75) is 44.9 Å². The molecule has 3 nitrogen and oxygen atoms in total. The lowest BCUT2D eigenvalue weighted by Gasteiger charge is -2.27. The number of thiophene rings is 1. The molecule has 0 spiro atoms. The Labute approximate surface area is 133 Å². The smallest absolute Gasteiger partial charge is 0.239 e. The van der Waals surface area contributed by atoms with Gasteiger partial charge in [0.2, 0.25) is 5.91 Å². The summed E-state index contributed by atoms with van der Waals surface area (Å²) < 4.78 is 0. The van der Waals surface area contributed by atoms with Crippen molar-refractivity contribution >= 4 is 33.7 Å². The van der Waals surface area contributed by atoms with E-state index < -0.39 is 5.41 Å². The maximum absolute atomic E-state index is 12.9. The summed E-state index contributed by atoms with van der Waals surface area (Å²) in [5.74, 6) is 0.107. The van der Waals surface area contributed by atoms with Gasteiger partial charge >= 0.3 is 0 Å². The predicted octanol–water partition coefficient (Wildman–Crippen LogP) is 4.02. The van der Waals surface area contributed by atoms with Crippen LogP contribution >= 0.6 is 22.7 Å². The van der Waals surface area contributed by atoms with E-state index >= 15 is 0 Å². The molecule has 0 saturated carbocycles. The van der Waals surface area contributed by atoms with E-state index in [2.05, 4.69) is 0 Å². The van der Waals surface area contributed by atoms with Crippen LogP contribution in [0, 0.1) is 0 Å². The molecule has 0 bridgehead atoms. The average molecular weight is 320 g/mol. The number of hydrogen-bond acceptors (Lipinski definition) is 4. The fraction of sp³-hybridized carbons (Fsp3) is 0.500. The molecule has 112 valence electrons. The fourth-order valence-corrected chi connectivity index (χ4v) is 4.68. The molecule has 1 amide bonds. The lowest BCUT2D eigenvalue weighted by Crippen LogP contribution is -2.41. The minimum atomic E-state index is -0.505. The van der Waals surface area contributed by atoms with E-state index in [-0.39, 0.29) is 5.91 Å². The normalized spacial score (nSPS) is 14.8. The highest BCUT2D eigenvalue weighted by atomic mass is 32.1.